The number of rotatable bonds is 4. The van der Waals surface area contributed by atoms with Crippen LogP contribution < -0.4 is 24.8 Å². The van der Waals surface area contributed by atoms with Crippen LogP contribution in [0.5, 0.6) is 0 Å². The number of benzene rings is 2. The normalized spacial score (nSPS) is 9.56. The molecule has 0 unspecified atom stereocenters. The first-order chi connectivity index (χ1) is 11.5. The Labute approximate surface area is 197 Å². The summed E-state index contributed by atoms with van der Waals surface area (Å²) in [6.45, 7) is 8.08. The van der Waals surface area contributed by atoms with Gasteiger partial charge in [0.25, 0.3) is 0 Å². The average Bonchev–Trinajstić information content (AvgIpc) is 2.97. The zero-order valence-electron chi connectivity index (χ0n) is 16.5. The van der Waals surface area contributed by atoms with Crippen molar-refractivity contribution in [3.05, 3.63) is 65.7 Å². The maximum absolute atomic E-state index is 8.16. The fourth-order valence-corrected chi connectivity index (χ4v) is 2.90. The molecule has 0 aliphatic carbocycles. The van der Waals surface area contributed by atoms with E-state index >= 15 is 0 Å². The molecule has 0 fully saturated rings. The number of hydrogen-bond donors (Lipinski definition) is 1. The third-order valence-electron chi connectivity index (χ3n) is 4.02. The van der Waals surface area contributed by atoms with Crippen LogP contribution in [0.25, 0.3) is 21.9 Å². The average molecular weight is 499 g/mol. The van der Waals surface area contributed by atoms with E-state index in [-0.39, 0.29) is 51.0 Å². The van der Waals surface area contributed by atoms with Gasteiger partial charge in [-0.25, -0.2) is 0 Å². The Bertz CT molecular complexity index is 767. The van der Waals surface area contributed by atoms with E-state index in [0.29, 0.717) is 0 Å². The topological polar surface area (TPSA) is 20.2 Å². The van der Waals surface area contributed by atoms with Gasteiger partial charge in [-0.15, -0.1) is 34.5 Å². The molecule has 0 saturated heterocycles. The number of halogens is 2. The molecule has 0 saturated carbocycles. The van der Waals surface area contributed by atoms with Gasteiger partial charge in [-0.05, 0) is 37.1 Å². The first kappa shape index (κ1) is 28.9. The Kier molecular flexibility index (Phi) is 15.7. The van der Waals surface area contributed by atoms with Gasteiger partial charge in [-0.1, -0.05) is 56.2 Å². The van der Waals surface area contributed by atoms with Crippen LogP contribution in [0.15, 0.2) is 54.6 Å². The van der Waals surface area contributed by atoms with Crippen molar-refractivity contribution in [2.24, 2.45) is 0 Å². The van der Waals surface area contributed by atoms with E-state index in [1.807, 2.05) is 13.1 Å². The van der Waals surface area contributed by atoms with E-state index < -0.39 is 9.04 Å². The van der Waals surface area contributed by atoms with E-state index in [0.717, 1.165) is 6.42 Å². The van der Waals surface area contributed by atoms with Gasteiger partial charge >= 0.3 is 26.2 Å². The summed E-state index contributed by atoms with van der Waals surface area (Å²) in [5.74, 6) is 0. The van der Waals surface area contributed by atoms with Crippen LogP contribution in [0.4, 0.5) is 0 Å². The van der Waals surface area contributed by atoms with Crippen LogP contribution in [0.1, 0.15) is 31.4 Å². The summed E-state index contributed by atoms with van der Waals surface area (Å²) >= 11 is 0. The predicted octanol–water partition coefficient (Wildman–Crippen LogP) is -0.0241. The molecule has 0 heterocycles. The predicted molar refractivity (Wildman–Crippen MR) is 108 cm³/mol. The molecule has 0 aliphatic heterocycles. The molecule has 27 heavy (non-hydrogen) atoms. The molecule has 0 aliphatic rings. The van der Waals surface area contributed by atoms with Gasteiger partial charge < -0.3 is 29.6 Å². The maximum atomic E-state index is 8.16. The molecule has 1 nitrogen and oxygen atoms in total. The van der Waals surface area contributed by atoms with Crippen molar-refractivity contribution in [1.82, 2.24) is 0 Å². The summed E-state index contributed by atoms with van der Waals surface area (Å²) in [6.07, 6.45) is 3.47. The largest absolute Gasteiger partial charge is 3.00 e. The van der Waals surface area contributed by atoms with Crippen molar-refractivity contribution >= 4 is 19.8 Å². The molecule has 0 amide bonds. The van der Waals surface area contributed by atoms with Crippen LogP contribution >= 0.6 is 0 Å². The second kappa shape index (κ2) is 14.7. The Hall–Kier alpha value is -0.310. The SMILES string of the molecule is CCCc1cc2c(-c3ccc(CC)cc3)cccc2[cH-]1.C[Si](C)O.[Cl-].[Cl-].[Zr+3]. The Morgan fingerprint density at radius 2 is 1.56 bits per heavy atom. The molecule has 5 heteroatoms. The molecule has 0 spiro atoms. The quantitative estimate of drug-likeness (QED) is 0.396. The zero-order valence-corrected chi connectivity index (χ0v) is 21.5. The summed E-state index contributed by atoms with van der Waals surface area (Å²) in [6, 6.07) is 20.3. The van der Waals surface area contributed by atoms with Crippen LogP contribution in [-0.2, 0) is 39.0 Å². The van der Waals surface area contributed by atoms with Crippen molar-refractivity contribution in [3.8, 4) is 11.1 Å². The molecular formula is C22H28Cl2OSiZr. The van der Waals surface area contributed by atoms with Gasteiger partial charge in [0.15, 0.2) is 9.04 Å². The molecule has 0 atom stereocenters. The summed E-state index contributed by atoms with van der Waals surface area (Å²) < 4.78 is 0. The van der Waals surface area contributed by atoms with Crippen molar-refractivity contribution in [2.75, 3.05) is 0 Å². The van der Waals surface area contributed by atoms with Gasteiger partial charge in [0.2, 0.25) is 0 Å². The summed E-state index contributed by atoms with van der Waals surface area (Å²) in [4.78, 5) is 8.16. The third kappa shape index (κ3) is 8.71. The van der Waals surface area contributed by atoms with Gasteiger partial charge in [0.1, 0.15) is 0 Å². The van der Waals surface area contributed by atoms with Crippen molar-refractivity contribution < 1.29 is 55.8 Å². The monoisotopic (exact) mass is 496 g/mol. The van der Waals surface area contributed by atoms with Crippen molar-refractivity contribution in [2.45, 2.75) is 46.2 Å². The standard InChI is InChI=1S/C20H21.C2H7OSi.2ClH.Zr/c1-3-6-16-13-18-7-5-8-19(20(18)14-16)17-11-9-15(4-2)10-12-17;1-4(2)3;;;/h5,7-14H,3-4,6H2,1-2H3;3H,1-2H3;2*1H;/q-1;;;;+3/p-2. The molecule has 3 aromatic carbocycles. The smallest absolute Gasteiger partial charge is 1.00 e. The van der Waals surface area contributed by atoms with E-state index in [1.54, 1.807) is 0 Å². The van der Waals surface area contributed by atoms with Crippen molar-refractivity contribution in [3.63, 3.8) is 0 Å². The van der Waals surface area contributed by atoms with E-state index in [1.165, 1.54) is 45.9 Å². The fraction of sp³-hybridized carbons (Fsp3) is 0.318. The van der Waals surface area contributed by atoms with E-state index in [9.17, 15) is 0 Å². The maximum Gasteiger partial charge on any atom is 3.00 e. The summed E-state index contributed by atoms with van der Waals surface area (Å²) in [5, 5.41) is 2.76. The number of fused-ring (bicyclic) bond motifs is 1. The van der Waals surface area contributed by atoms with Gasteiger partial charge in [0, 0.05) is 0 Å². The van der Waals surface area contributed by atoms with Crippen molar-refractivity contribution in [1.29, 1.82) is 0 Å². The van der Waals surface area contributed by atoms with E-state index in [4.69, 9.17) is 4.80 Å². The van der Waals surface area contributed by atoms with Crippen LogP contribution in [0.2, 0.25) is 13.1 Å². The Morgan fingerprint density at radius 3 is 2.07 bits per heavy atom. The second-order valence-electron chi connectivity index (χ2n) is 6.42. The van der Waals surface area contributed by atoms with Gasteiger partial charge in [-0.2, -0.15) is 6.07 Å². The zero-order chi connectivity index (χ0) is 17.5. The number of hydrogen-bond acceptors (Lipinski definition) is 1. The summed E-state index contributed by atoms with van der Waals surface area (Å²) in [5.41, 5.74) is 5.53. The molecular weight excluding hydrogens is 470 g/mol. The molecule has 2 radical (unpaired) electrons. The van der Waals surface area contributed by atoms with Crippen LogP contribution in [0.3, 0.4) is 0 Å². The molecule has 0 bridgehead atoms. The fourth-order valence-electron chi connectivity index (χ4n) is 2.90. The first-order valence-electron chi connectivity index (χ1n) is 8.82. The summed E-state index contributed by atoms with van der Waals surface area (Å²) in [7, 11) is -0.880. The molecule has 3 rings (SSSR count). The van der Waals surface area contributed by atoms with Crippen LogP contribution in [-0.4, -0.2) is 13.8 Å². The van der Waals surface area contributed by atoms with Gasteiger partial charge in [-0.3, -0.25) is 0 Å². The minimum absolute atomic E-state index is 0. The first-order valence-corrected chi connectivity index (χ1v) is 11.3. The van der Waals surface area contributed by atoms with Gasteiger partial charge in [0.05, 0.1) is 0 Å². The molecule has 144 valence electrons. The number of aryl methyl sites for hydroxylation is 2. The molecule has 0 aromatic heterocycles. The Balaban J connectivity index is 0. The van der Waals surface area contributed by atoms with E-state index in [2.05, 4.69) is 68.4 Å². The third-order valence-corrected chi connectivity index (χ3v) is 4.02. The molecule has 3 aromatic rings. The Morgan fingerprint density at radius 1 is 0.963 bits per heavy atom. The second-order valence-corrected chi connectivity index (χ2v) is 8.31. The van der Waals surface area contributed by atoms with Crippen LogP contribution in [0, 0.1) is 0 Å². The molecule has 1 N–H and O–H groups in total. The minimum atomic E-state index is -0.880. The minimum Gasteiger partial charge on any atom is -1.00 e.